The van der Waals surface area contributed by atoms with Crippen molar-refractivity contribution < 1.29 is 5.11 Å². The van der Waals surface area contributed by atoms with Crippen LogP contribution in [0.4, 0.5) is 0 Å². The summed E-state index contributed by atoms with van der Waals surface area (Å²) in [5.41, 5.74) is 0.728. The lowest BCUT2D eigenvalue weighted by atomic mass is 9.92. The summed E-state index contributed by atoms with van der Waals surface area (Å²) in [6.45, 7) is 0.758. The minimum absolute atomic E-state index is 0.204. The normalized spacial score (nSPS) is 25.2. The highest BCUT2D eigenvalue weighted by molar-refractivity contribution is 7.10. The van der Waals surface area contributed by atoms with E-state index in [-0.39, 0.29) is 12.1 Å². The van der Waals surface area contributed by atoms with Crippen molar-refractivity contribution in [2.24, 2.45) is 0 Å². The van der Waals surface area contributed by atoms with Crippen LogP contribution < -0.4 is 5.32 Å². The Morgan fingerprint density at radius 1 is 1.50 bits per heavy atom. The van der Waals surface area contributed by atoms with E-state index >= 15 is 0 Å². The third-order valence-electron chi connectivity index (χ3n) is 3.05. The Hall–Kier alpha value is -0.890. The number of nitriles is 1. The molecule has 1 aromatic heterocycles. The van der Waals surface area contributed by atoms with Gasteiger partial charge in [0.2, 0.25) is 0 Å². The second-order valence-corrected chi connectivity index (χ2v) is 5.25. The largest absolute Gasteiger partial charge is 0.392 e. The standard InChI is InChI=1S/C12H16N2OS/c13-6-9-5-10(16-8-9)7-14-11-3-1-2-4-12(11)15/h5,8,11-12,14-15H,1-4,7H2. The molecule has 1 aromatic rings. The van der Waals surface area contributed by atoms with Crippen LogP contribution in [0.1, 0.15) is 36.1 Å². The van der Waals surface area contributed by atoms with Crippen LogP contribution in [0.5, 0.6) is 0 Å². The van der Waals surface area contributed by atoms with Crippen LogP contribution in [0.2, 0.25) is 0 Å². The first-order valence-electron chi connectivity index (χ1n) is 5.68. The van der Waals surface area contributed by atoms with Crippen molar-refractivity contribution in [3.8, 4) is 6.07 Å². The molecule has 2 unspecified atom stereocenters. The van der Waals surface area contributed by atoms with Crippen LogP contribution in [-0.4, -0.2) is 17.3 Å². The number of nitrogens with one attached hydrogen (secondary N) is 1. The summed E-state index contributed by atoms with van der Waals surface area (Å²) < 4.78 is 0. The van der Waals surface area contributed by atoms with Crippen LogP contribution in [-0.2, 0) is 6.54 Å². The third-order valence-corrected chi connectivity index (χ3v) is 3.99. The molecule has 0 aliphatic heterocycles. The van der Waals surface area contributed by atoms with Gasteiger partial charge in [0, 0.05) is 22.8 Å². The summed E-state index contributed by atoms with van der Waals surface area (Å²) in [6.07, 6.45) is 4.09. The van der Waals surface area contributed by atoms with Crippen molar-refractivity contribution in [2.75, 3.05) is 0 Å². The SMILES string of the molecule is N#Cc1csc(CNC2CCCCC2O)c1. The molecule has 2 atom stereocenters. The molecule has 3 nitrogen and oxygen atoms in total. The maximum Gasteiger partial charge on any atom is 0.100 e. The molecule has 16 heavy (non-hydrogen) atoms. The van der Waals surface area contributed by atoms with Gasteiger partial charge in [0.25, 0.3) is 0 Å². The molecular formula is C12H16N2OS. The van der Waals surface area contributed by atoms with Crippen molar-refractivity contribution >= 4 is 11.3 Å². The van der Waals surface area contributed by atoms with Gasteiger partial charge in [0.15, 0.2) is 0 Å². The molecule has 1 saturated carbocycles. The fraction of sp³-hybridized carbons (Fsp3) is 0.583. The zero-order chi connectivity index (χ0) is 11.4. The van der Waals surface area contributed by atoms with Crippen LogP contribution in [0.25, 0.3) is 0 Å². The van der Waals surface area contributed by atoms with Crippen molar-refractivity contribution in [2.45, 2.75) is 44.4 Å². The number of rotatable bonds is 3. The van der Waals surface area contributed by atoms with E-state index in [1.807, 2.05) is 11.4 Å². The molecule has 0 bridgehead atoms. The van der Waals surface area contributed by atoms with Gasteiger partial charge in [-0.15, -0.1) is 11.3 Å². The van der Waals surface area contributed by atoms with E-state index in [0.717, 1.165) is 36.2 Å². The topological polar surface area (TPSA) is 56.0 Å². The van der Waals surface area contributed by atoms with E-state index < -0.39 is 0 Å². The van der Waals surface area contributed by atoms with Crippen molar-refractivity contribution in [1.29, 1.82) is 5.26 Å². The molecule has 1 fully saturated rings. The predicted octanol–water partition coefficient (Wildman–Crippen LogP) is 2.01. The molecule has 0 aromatic carbocycles. The first kappa shape index (κ1) is 11.6. The molecule has 4 heteroatoms. The highest BCUT2D eigenvalue weighted by atomic mass is 32.1. The van der Waals surface area contributed by atoms with Gasteiger partial charge in [0.1, 0.15) is 6.07 Å². The summed E-state index contributed by atoms with van der Waals surface area (Å²) in [7, 11) is 0. The number of aliphatic hydroxyl groups excluding tert-OH is 1. The first-order valence-corrected chi connectivity index (χ1v) is 6.56. The Bertz CT molecular complexity index is 383. The predicted molar refractivity (Wildman–Crippen MR) is 64.1 cm³/mol. The summed E-state index contributed by atoms with van der Waals surface area (Å²) in [6, 6.07) is 4.26. The first-order chi connectivity index (χ1) is 7.79. The molecule has 2 N–H and O–H groups in total. The van der Waals surface area contributed by atoms with Gasteiger partial charge in [-0.25, -0.2) is 0 Å². The third kappa shape index (κ3) is 2.82. The van der Waals surface area contributed by atoms with Gasteiger partial charge >= 0.3 is 0 Å². The number of hydrogen-bond donors (Lipinski definition) is 2. The van der Waals surface area contributed by atoms with Crippen molar-refractivity contribution in [3.63, 3.8) is 0 Å². The minimum atomic E-state index is -0.204. The Kier molecular flexibility index (Phi) is 3.94. The Balaban J connectivity index is 1.84. The number of thiophene rings is 1. The highest BCUT2D eigenvalue weighted by Crippen LogP contribution is 2.20. The van der Waals surface area contributed by atoms with Crippen LogP contribution in [0.15, 0.2) is 11.4 Å². The monoisotopic (exact) mass is 236 g/mol. The lowest BCUT2D eigenvalue weighted by Gasteiger charge is -2.28. The van der Waals surface area contributed by atoms with Crippen molar-refractivity contribution in [1.82, 2.24) is 5.32 Å². The Morgan fingerprint density at radius 3 is 3.00 bits per heavy atom. The van der Waals surface area contributed by atoms with E-state index in [9.17, 15) is 5.11 Å². The minimum Gasteiger partial charge on any atom is -0.392 e. The molecule has 0 spiro atoms. The van der Waals surface area contributed by atoms with E-state index in [4.69, 9.17) is 5.26 Å². The molecule has 1 aliphatic rings. The fourth-order valence-corrected chi connectivity index (χ4v) is 2.87. The average Bonchev–Trinajstić information content (AvgIpc) is 2.76. The lowest BCUT2D eigenvalue weighted by Crippen LogP contribution is -2.41. The number of hydrogen-bond acceptors (Lipinski definition) is 4. The van der Waals surface area contributed by atoms with Crippen LogP contribution >= 0.6 is 11.3 Å². The van der Waals surface area contributed by atoms with Gasteiger partial charge in [-0.05, 0) is 18.9 Å². The van der Waals surface area contributed by atoms with Crippen LogP contribution in [0, 0.1) is 11.3 Å². The van der Waals surface area contributed by atoms with Gasteiger partial charge in [-0.2, -0.15) is 5.26 Å². The molecule has 86 valence electrons. The molecule has 1 heterocycles. The average molecular weight is 236 g/mol. The summed E-state index contributed by atoms with van der Waals surface area (Å²) in [5, 5.41) is 23.7. The maximum absolute atomic E-state index is 9.79. The molecule has 2 rings (SSSR count). The van der Waals surface area contributed by atoms with E-state index in [0.29, 0.717) is 0 Å². The van der Waals surface area contributed by atoms with E-state index in [1.54, 1.807) is 11.3 Å². The Labute approximate surface area is 99.7 Å². The summed E-state index contributed by atoms with van der Waals surface area (Å²) in [5.74, 6) is 0. The van der Waals surface area contributed by atoms with Crippen LogP contribution in [0.3, 0.4) is 0 Å². The van der Waals surface area contributed by atoms with E-state index in [1.165, 1.54) is 6.42 Å². The Morgan fingerprint density at radius 2 is 2.31 bits per heavy atom. The van der Waals surface area contributed by atoms with Gasteiger partial charge in [0.05, 0.1) is 11.7 Å². The molecule has 0 saturated heterocycles. The fourth-order valence-electron chi connectivity index (χ4n) is 2.11. The quantitative estimate of drug-likeness (QED) is 0.844. The number of nitrogens with zero attached hydrogens (tertiary/aromatic N) is 1. The zero-order valence-corrected chi connectivity index (χ0v) is 9.96. The lowest BCUT2D eigenvalue weighted by molar-refractivity contribution is 0.0904. The molecular weight excluding hydrogens is 220 g/mol. The summed E-state index contributed by atoms with van der Waals surface area (Å²) >= 11 is 1.60. The molecule has 0 amide bonds. The second-order valence-electron chi connectivity index (χ2n) is 4.25. The van der Waals surface area contributed by atoms with Crippen molar-refractivity contribution in [3.05, 3.63) is 21.9 Å². The van der Waals surface area contributed by atoms with Gasteiger partial charge in [-0.1, -0.05) is 12.8 Å². The maximum atomic E-state index is 9.79. The highest BCUT2D eigenvalue weighted by Gasteiger charge is 2.22. The van der Waals surface area contributed by atoms with Gasteiger partial charge < -0.3 is 10.4 Å². The smallest absolute Gasteiger partial charge is 0.100 e. The molecule has 0 radical (unpaired) electrons. The van der Waals surface area contributed by atoms with Gasteiger partial charge in [-0.3, -0.25) is 0 Å². The summed E-state index contributed by atoms with van der Waals surface area (Å²) in [4.78, 5) is 1.16. The number of aliphatic hydroxyl groups is 1. The second kappa shape index (κ2) is 5.44. The zero-order valence-electron chi connectivity index (χ0n) is 9.15. The van der Waals surface area contributed by atoms with E-state index in [2.05, 4.69) is 11.4 Å². The molecule has 1 aliphatic carbocycles.